The zero-order chi connectivity index (χ0) is 17.6. The quantitative estimate of drug-likeness (QED) is 0.173. The van der Waals surface area contributed by atoms with E-state index in [2.05, 4.69) is 20.4 Å². The van der Waals surface area contributed by atoms with Crippen LogP contribution in [0, 0.1) is 0 Å². The lowest BCUT2D eigenvalue weighted by Gasteiger charge is -2.11. The first-order valence-electron chi connectivity index (χ1n) is 8.49. The molecule has 0 amide bonds. The summed E-state index contributed by atoms with van der Waals surface area (Å²) in [6.45, 7) is 4.32. The summed E-state index contributed by atoms with van der Waals surface area (Å²) in [6.07, 6.45) is 4.55. The van der Waals surface area contributed by atoms with Crippen molar-refractivity contribution < 1.29 is 9.53 Å². The van der Waals surface area contributed by atoms with E-state index in [4.69, 9.17) is 11.6 Å². The highest BCUT2D eigenvalue weighted by atomic mass is 127. The van der Waals surface area contributed by atoms with Gasteiger partial charge in [-0.25, -0.2) is 4.99 Å². The van der Waals surface area contributed by atoms with Crippen molar-refractivity contribution in [1.29, 1.82) is 0 Å². The van der Waals surface area contributed by atoms with E-state index < -0.39 is 0 Å². The van der Waals surface area contributed by atoms with Crippen molar-refractivity contribution in [2.45, 2.75) is 45.6 Å². The van der Waals surface area contributed by atoms with Crippen molar-refractivity contribution >= 4 is 47.5 Å². The summed E-state index contributed by atoms with van der Waals surface area (Å²) in [4.78, 5) is 15.6. The predicted octanol–water partition coefficient (Wildman–Crippen LogP) is 4.14. The van der Waals surface area contributed by atoms with Crippen molar-refractivity contribution in [1.82, 2.24) is 10.6 Å². The van der Waals surface area contributed by atoms with Crippen LogP contribution < -0.4 is 10.6 Å². The normalized spacial score (nSPS) is 10.8. The molecule has 0 aromatic heterocycles. The first-order valence-corrected chi connectivity index (χ1v) is 8.87. The zero-order valence-electron chi connectivity index (χ0n) is 15.0. The van der Waals surface area contributed by atoms with E-state index >= 15 is 0 Å². The van der Waals surface area contributed by atoms with Crippen LogP contribution in [0.2, 0.25) is 5.02 Å². The van der Waals surface area contributed by atoms with Gasteiger partial charge in [0.2, 0.25) is 0 Å². The van der Waals surface area contributed by atoms with Gasteiger partial charge in [-0.1, -0.05) is 36.6 Å². The zero-order valence-corrected chi connectivity index (χ0v) is 18.1. The van der Waals surface area contributed by atoms with Crippen molar-refractivity contribution in [2.75, 3.05) is 20.2 Å². The number of esters is 1. The standard InChI is InChI=1S/C18H28ClN3O2.HI/c1-3-20-18(22-14-15-9-8-10-16(19)13-15)21-12-7-5-4-6-11-17(23)24-2;/h8-10,13H,3-7,11-12,14H2,1-2H3,(H2,20,21,22);1H. The maximum absolute atomic E-state index is 11.0. The number of nitrogens with zero attached hydrogens (tertiary/aromatic N) is 1. The van der Waals surface area contributed by atoms with Gasteiger partial charge in [0.15, 0.2) is 5.96 Å². The third-order valence-corrected chi connectivity index (χ3v) is 3.72. The highest BCUT2D eigenvalue weighted by molar-refractivity contribution is 14.0. The lowest BCUT2D eigenvalue weighted by atomic mass is 10.1. The van der Waals surface area contributed by atoms with Crippen molar-refractivity contribution in [3.05, 3.63) is 34.9 Å². The fourth-order valence-corrected chi connectivity index (χ4v) is 2.42. The first kappa shape index (κ1) is 24.0. The van der Waals surface area contributed by atoms with Gasteiger partial charge >= 0.3 is 5.97 Å². The van der Waals surface area contributed by atoms with Crippen LogP contribution in [-0.2, 0) is 16.1 Å². The van der Waals surface area contributed by atoms with Gasteiger partial charge in [-0.3, -0.25) is 4.79 Å². The summed E-state index contributed by atoms with van der Waals surface area (Å²) in [6, 6.07) is 7.73. The minimum Gasteiger partial charge on any atom is -0.469 e. The third kappa shape index (κ3) is 12.0. The Kier molecular flexibility index (Phi) is 14.6. The molecule has 0 fully saturated rings. The summed E-state index contributed by atoms with van der Waals surface area (Å²) in [5.41, 5.74) is 1.09. The molecule has 0 saturated heterocycles. The van der Waals surface area contributed by atoms with Crippen LogP contribution in [0.25, 0.3) is 0 Å². The fraction of sp³-hybridized carbons (Fsp3) is 0.556. The average Bonchev–Trinajstić information content (AvgIpc) is 2.58. The Hall–Kier alpha value is -1.02. The lowest BCUT2D eigenvalue weighted by molar-refractivity contribution is -0.140. The first-order chi connectivity index (χ1) is 11.7. The summed E-state index contributed by atoms with van der Waals surface area (Å²) in [7, 11) is 1.43. The van der Waals surface area contributed by atoms with Crippen LogP contribution in [0.4, 0.5) is 0 Å². The molecule has 0 aliphatic heterocycles. The number of ether oxygens (including phenoxy) is 1. The molecule has 1 rings (SSSR count). The van der Waals surface area contributed by atoms with Crippen LogP contribution in [0.1, 0.15) is 44.6 Å². The Morgan fingerprint density at radius 1 is 1.20 bits per heavy atom. The summed E-state index contributed by atoms with van der Waals surface area (Å²) < 4.78 is 4.62. The molecule has 0 aliphatic rings. The minimum absolute atomic E-state index is 0. The number of benzene rings is 1. The average molecular weight is 482 g/mol. The van der Waals surface area contributed by atoms with E-state index in [1.807, 2.05) is 31.2 Å². The highest BCUT2D eigenvalue weighted by Crippen LogP contribution is 2.11. The second-order valence-corrected chi connectivity index (χ2v) is 5.93. The van der Waals surface area contributed by atoms with Gasteiger partial charge in [0.25, 0.3) is 0 Å². The molecule has 0 spiro atoms. The topological polar surface area (TPSA) is 62.7 Å². The van der Waals surface area contributed by atoms with Gasteiger partial charge in [-0.2, -0.15) is 0 Å². The van der Waals surface area contributed by atoms with Gasteiger partial charge in [-0.15, -0.1) is 24.0 Å². The highest BCUT2D eigenvalue weighted by Gasteiger charge is 2.00. The third-order valence-electron chi connectivity index (χ3n) is 3.48. The molecule has 1 aromatic carbocycles. The van der Waals surface area contributed by atoms with E-state index in [1.165, 1.54) is 7.11 Å². The number of rotatable bonds is 10. The van der Waals surface area contributed by atoms with Crippen molar-refractivity contribution in [3.8, 4) is 0 Å². The molecular weight excluding hydrogens is 453 g/mol. The Bertz CT molecular complexity index is 527. The predicted molar refractivity (Wildman–Crippen MR) is 115 cm³/mol. The maximum Gasteiger partial charge on any atom is 0.305 e. The monoisotopic (exact) mass is 481 g/mol. The number of aliphatic imine (C=N–C) groups is 1. The van der Waals surface area contributed by atoms with Gasteiger partial charge in [0.1, 0.15) is 0 Å². The van der Waals surface area contributed by atoms with E-state index in [0.29, 0.717) is 13.0 Å². The van der Waals surface area contributed by atoms with Gasteiger partial charge in [0.05, 0.1) is 13.7 Å². The number of carbonyl (C=O) groups is 1. The molecule has 5 nitrogen and oxygen atoms in total. The minimum atomic E-state index is -0.129. The molecule has 2 N–H and O–H groups in total. The van der Waals surface area contributed by atoms with E-state index in [1.54, 1.807) is 0 Å². The molecule has 25 heavy (non-hydrogen) atoms. The molecule has 0 aliphatic carbocycles. The summed E-state index contributed by atoms with van der Waals surface area (Å²) in [5, 5.41) is 7.30. The molecule has 0 radical (unpaired) electrons. The number of carbonyl (C=O) groups excluding carboxylic acids is 1. The molecule has 0 bridgehead atoms. The Balaban J connectivity index is 0.00000576. The fourth-order valence-electron chi connectivity index (χ4n) is 2.20. The van der Waals surface area contributed by atoms with Crippen LogP contribution in [0.3, 0.4) is 0 Å². The van der Waals surface area contributed by atoms with Crippen LogP contribution in [0.5, 0.6) is 0 Å². The molecule has 0 atom stereocenters. The van der Waals surface area contributed by atoms with E-state index in [0.717, 1.165) is 55.3 Å². The van der Waals surface area contributed by atoms with Crippen LogP contribution >= 0.6 is 35.6 Å². The SMILES string of the molecule is CCNC(=NCc1cccc(Cl)c1)NCCCCCCC(=O)OC.I. The van der Waals surface area contributed by atoms with E-state index in [-0.39, 0.29) is 29.9 Å². The molecule has 1 aromatic rings. The molecule has 0 unspecified atom stereocenters. The summed E-state index contributed by atoms with van der Waals surface area (Å²) >= 11 is 5.99. The number of methoxy groups -OCH3 is 1. The number of guanidine groups is 1. The largest absolute Gasteiger partial charge is 0.469 e. The smallest absolute Gasteiger partial charge is 0.305 e. The maximum atomic E-state index is 11.0. The molecule has 142 valence electrons. The Morgan fingerprint density at radius 2 is 1.96 bits per heavy atom. The number of nitrogens with one attached hydrogen (secondary N) is 2. The number of hydrogen-bond acceptors (Lipinski definition) is 3. The van der Waals surface area contributed by atoms with E-state index in [9.17, 15) is 4.79 Å². The van der Waals surface area contributed by atoms with Crippen molar-refractivity contribution in [2.24, 2.45) is 4.99 Å². The molecular formula is C18H29ClIN3O2. The van der Waals surface area contributed by atoms with Crippen LogP contribution in [-0.4, -0.2) is 32.1 Å². The molecule has 7 heteroatoms. The van der Waals surface area contributed by atoms with Crippen molar-refractivity contribution in [3.63, 3.8) is 0 Å². The molecule has 0 heterocycles. The second-order valence-electron chi connectivity index (χ2n) is 5.49. The van der Waals surface area contributed by atoms with Crippen LogP contribution in [0.15, 0.2) is 29.3 Å². The number of hydrogen-bond donors (Lipinski definition) is 2. The van der Waals surface area contributed by atoms with Gasteiger partial charge < -0.3 is 15.4 Å². The lowest BCUT2D eigenvalue weighted by Crippen LogP contribution is -2.37. The summed E-state index contributed by atoms with van der Waals surface area (Å²) in [5.74, 6) is 0.683. The Morgan fingerprint density at radius 3 is 2.64 bits per heavy atom. The Labute approximate surface area is 173 Å². The number of halogens is 2. The second kappa shape index (κ2) is 15.3. The van der Waals surface area contributed by atoms with Gasteiger partial charge in [-0.05, 0) is 37.5 Å². The van der Waals surface area contributed by atoms with Gasteiger partial charge in [0, 0.05) is 24.5 Å². The molecule has 0 saturated carbocycles. The number of unbranched alkanes of at least 4 members (excludes halogenated alkanes) is 3.